The Morgan fingerprint density at radius 3 is 2.04 bits per heavy atom. The maximum absolute atomic E-state index is 12.8. The second-order valence-electron chi connectivity index (χ2n) is 7.67. The predicted octanol–water partition coefficient (Wildman–Crippen LogP) is 3.08. The number of anilines is 1. The van der Waals surface area contributed by atoms with Gasteiger partial charge < -0.3 is 10.4 Å². The first-order chi connectivity index (χ1) is 13.4. The molecule has 1 amide bonds. The van der Waals surface area contributed by atoms with Crippen LogP contribution in [0.15, 0.2) is 29.2 Å². The third kappa shape index (κ3) is 4.72. The third-order valence-electron chi connectivity index (χ3n) is 5.74. The Morgan fingerprint density at radius 1 is 0.893 bits per heavy atom. The molecule has 1 saturated carbocycles. The van der Waals surface area contributed by atoms with E-state index >= 15 is 0 Å². The summed E-state index contributed by atoms with van der Waals surface area (Å²) in [5.74, 6) is -2.45. The lowest BCUT2D eigenvalue weighted by atomic mass is 9.78. The average molecular weight is 409 g/mol. The molecule has 1 aromatic carbocycles. The van der Waals surface area contributed by atoms with Gasteiger partial charge in [0.25, 0.3) is 0 Å². The number of sulfonamides is 1. The van der Waals surface area contributed by atoms with E-state index in [1.54, 1.807) is 12.1 Å². The molecule has 1 aliphatic heterocycles. The molecule has 1 heterocycles. The molecule has 0 unspecified atom stereocenters. The maximum Gasteiger partial charge on any atom is 0.307 e. The summed E-state index contributed by atoms with van der Waals surface area (Å²) >= 11 is 0. The smallest absolute Gasteiger partial charge is 0.307 e. The van der Waals surface area contributed by atoms with Gasteiger partial charge in [-0.15, -0.1) is 0 Å². The lowest BCUT2D eigenvalue weighted by Crippen LogP contribution is -2.36. The molecule has 8 heteroatoms. The van der Waals surface area contributed by atoms with Crippen LogP contribution >= 0.6 is 0 Å². The van der Waals surface area contributed by atoms with Crippen LogP contribution in [0, 0.1) is 11.8 Å². The van der Waals surface area contributed by atoms with Crippen LogP contribution in [0.3, 0.4) is 0 Å². The maximum atomic E-state index is 12.8. The molecule has 1 saturated heterocycles. The van der Waals surface area contributed by atoms with E-state index in [1.807, 2.05) is 0 Å². The molecule has 2 fully saturated rings. The third-order valence-corrected chi connectivity index (χ3v) is 7.66. The number of rotatable bonds is 5. The molecular formula is C20H28N2O5S. The Balaban J connectivity index is 1.68. The first-order valence-corrected chi connectivity index (χ1v) is 11.5. The highest BCUT2D eigenvalue weighted by atomic mass is 32.2. The molecular weight excluding hydrogens is 380 g/mol. The van der Waals surface area contributed by atoms with Crippen LogP contribution in [0.25, 0.3) is 0 Å². The quantitative estimate of drug-likeness (QED) is 0.779. The summed E-state index contributed by atoms with van der Waals surface area (Å²) < 4.78 is 27.2. The van der Waals surface area contributed by atoms with Crippen LogP contribution in [0.2, 0.25) is 0 Å². The zero-order valence-electron chi connectivity index (χ0n) is 16.0. The van der Waals surface area contributed by atoms with Crippen LogP contribution in [-0.2, 0) is 19.6 Å². The number of hydrogen-bond acceptors (Lipinski definition) is 4. The number of carbonyl (C=O) groups excluding carboxylic acids is 1. The topological polar surface area (TPSA) is 104 Å². The number of hydrogen-bond donors (Lipinski definition) is 2. The van der Waals surface area contributed by atoms with E-state index in [0.717, 1.165) is 38.5 Å². The van der Waals surface area contributed by atoms with Crippen molar-refractivity contribution in [3.8, 4) is 0 Å². The van der Waals surface area contributed by atoms with Crippen LogP contribution in [-0.4, -0.2) is 42.8 Å². The van der Waals surface area contributed by atoms with Gasteiger partial charge in [-0.1, -0.05) is 25.7 Å². The Morgan fingerprint density at radius 2 is 1.46 bits per heavy atom. The van der Waals surface area contributed by atoms with E-state index in [4.69, 9.17) is 0 Å². The summed E-state index contributed by atoms with van der Waals surface area (Å²) in [6.07, 6.45) is 6.59. The molecule has 2 atom stereocenters. The summed E-state index contributed by atoms with van der Waals surface area (Å²) in [7, 11) is -3.53. The Bertz CT molecular complexity index is 798. The predicted molar refractivity (Wildman–Crippen MR) is 105 cm³/mol. The van der Waals surface area contributed by atoms with Crippen LogP contribution in [0.5, 0.6) is 0 Å². The van der Waals surface area contributed by atoms with E-state index < -0.39 is 27.8 Å². The number of benzene rings is 1. The van der Waals surface area contributed by atoms with Gasteiger partial charge in [-0.05, 0) is 49.9 Å². The van der Waals surface area contributed by atoms with Crippen molar-refractivity contribution in [2.24, 2.45) is 11.8 Å². The molecule has 0 radical (unpaired) electrons. The molecule has 154 valence electrons. The average Bonchev–Trinajstić information content (AvgIpc) is 2.98. The van der Waals surface area contributed by atoms with Gasteiger partial charge in [0.15, 0.2) is 0 Å². The van der Waals surface area contributed by atoms with Crippen molar-refractivity contribution >= 4 is 27.6 Å². The molecule has 0 aromatic heterocycles. The molecule has 1 aliphatic carbocycles. The van der Waals surface area contributed by atoms with E-state index in [-0.39, 0.29) is 10.8 Å². The minimum atomic E-state index is -3.53. The monoisotopic (exact) mass is 408 g/mol. The van der Waals surface area contributed by atoms with E-state index in [2.05, 4.69) is 5.32 Å². The number of carbonyl (C=O) groups is 2. The van der Waals surface area contributed by atoms with Crippen molar-refractivity contribution in [1.29, 1.82) is 0 Å². The molecule has 0 bridgehead atoms. The molecule has 1 aromatic rings. The first-order valence-electron chi connectivity index (χ1n) is 10.0. The van der Waals surface area contributed by atoms with Crippen LogP contribution < -0.4 is 5.32 Å². The summed E-state index contributed by atoms with van der Waals surface area (Å²) in [6.45, 7) is 1.08. The van der Waals surface area contributed by atoms with Crippen LogP contribution in [0.4, 0.5) is 5.69 Å². The fourth-order valence-corrected chi connectivity index (χ4v) is 5.63. The number of amides is 1. The standard InChI is InChI=1S/C20H28N2O5S/c23-19(17-7-3-4-8-18(17)20(24)25)21-15-9-11-16(12-10-15)28(26,27)22-13-5-1-2-6-14-22/h9-12,17-18H,1-8,13-14H2,(H,21,23)(H,24,25)/t17-,18+/m1/s1. The van der Waals surface area contributed by atoms with Gasteiger partial charge in [0, 0.05) is 18.8 Å². The Hall–Kier alpha value is -1.93. The van der Waals surface area contributed by atoms with Crippen molar-refractivity contribution in [3.63, 3.8) is 0 Å². The van der Waals surface area contributed by atoms with Gasteiger partial charge in [-0.2, -0.15) is 4.31 Å². The summed E-state index contributed by atoms with van der Waals surface area (Å²) in [4.78, 5) is 24.2. The van der Waals surface area contributed by atoms with E-state index in [9.17, 15) is 23.1 Å². The molecule has 0 spiro atoms. The molecule has 2 N–H and O–H groups in total. The fourth-order valence-electron chi connectivity index (χ4n) is 4.12. The van der Waals surface area contributed by atoms with E-state index in [1.165, 1.54) is 16.4 Å². The second-order valence-corrected chi connectivity index (χ2v) is 9.61. The number of aliphatic carboxylic acids is 1. The van der Waals surface area contributed by atoms with Crippen molar-refractivity contribution in [1.82, 2.24) is 4.31 Å². The van der Waals surface area contributed by atoms with Gasteiger partial charge in [0.1, 0.15) is 0 Å². The Labute approximate surface area is 166 Å². The molecule has 7 nitrogen and oxygen atoms in total. The number of carboxylic acid groups (broad SMARTS) is 1. The largest absolute Gasteiger partial charge is 0.481 e. The zero-order chi connectivity index (χ0) is 20.1. The molecule has 3 rings (SSSR count). The minimum Gasteiger partial charge on any atom is -0.481 e. The number of nitrogens with one attached hydrogen (secondary N) is 1. The SMILES string of the molecule is O=C(O)[C@H]1CCCC[C@H]1C(=O)Nc1ccc(S(=O)(=O)N2CCCCCC2)cc1. The second kappa shape index (κ2) is 9.05. The lowest BCUT2D eigenvalue weighted by Gasteiger charge is -2.27. The summed E-state index contributed by atoms with van der Waals surface area (Å²) in [5, 5.41) is 12.1. The van der Waals surface area contributed by atoms with Gasteiger partial charge >= 0.3 is 5.97 Å². The highest BCUT2D eigenvalue weighted by Crippen LogP contribution is 2.31. The van der Waals surface area contributed by atoms with Crippen molar-refractivity contribution < 1.29 is 23.1 Å². The van der Waals surface area contributed by atoms with Gasteiger partial charge in [0.05, 0.1) is 16.7 Å². The van der Waals surface area contributed by atoms with Crippen molar-refractivity contribution in [2.75, 3.05) is 18.4 Å². The first kappa shape index (κ1) is 20.8. The minimum absolute atomic E-state index is 0.216. The summed E-state index contributed by atoms with van der Waals surface area (Å²) in [5.41, 5.74) is 0.481. The van der Waals surface area contributed by atoms with Gasteiger partial charge in [-0.25, -0.2) is 8.42 Å². The van der Waals surface area contributed by atoms with Gasteiger partial charge in [0.2, 0.25) is 15.9 Å². The van der Waals surface area contributed by atoms with E-state index in [0.29, 0.717) is 31.6 Å². The zero-order valence-corrected chi connectivity index (χ0v) is 16.8. The molecule has 2 aliphatic rings. The van der Waals surface area contributed by atoms with Gasteiger partial charge in [-0.3, -0.25) is 9.59 Å². The highest BCUT2D eigenvalue weighted by Gasteiger charge is 2.35. The van der Waals surface area contributed by atoms with Crippen molar-refractivity contribution in [2.45, 2.75) is 56.3 Å². The van der Waals surface area contributed by atoms with Crippen molar-refractivity contribution in [3.05, 3.63) is 24.3 Å². The number of nitrogens with zero attached hydrogens (tertiary/aromatic N) is 1. The normalized spacial score (nSPS) is 24.3. The Kier molecular flexibility index (Phi) is 6.72. The number of carboxylic acids is 1. The fraction of sp³-hybridized carbons (Fsp3) is 0.600. The van der Waals surface area contributed by atoms with Crippen LogP contribution in [0.1, 0.15) is 51.4 Å². The highest BCUT2D eigenvalue weighted by molar-refractivity contribution is 7.89. The molecule has 28 heavy (non-hydrogen) atoms. The lowest BCUT2D eigenvalue weighted by molar-refractivity contribution is -0.147. The summed E-state index contributed by atoms with van der Waals surface area (Å²) in [6, 6.07) is 6.15.